The number of fused-ring (bicyclic) bond motifs is 3. The van der Waals surface area contributed by atoms with Crippen molar-refractivity contribution >= 4 is 35.3 Å². The van der Waals surface area contributed by atoms with E-state index in [4.69, 9.17) is 42.0 Å². The number of aliphatic hydroxyl groups excluding tert-OH is 5. The topological polar surface area (TPSA) is 313 Å². The lowest BCUT2D eigenvalue weighted by atomic mass is 9.68. The highest BCUT2D eigenvalue weighted by atomic mass is 16.7. The standard InChI is InChI=1S/C59H90N2O20/c1-31-14-11-10-12-15-32(2)43(74-7)28-38-19-17-36(6)59(73,81-38)54(69)55(70)61-22-13-16-39-40(44(78-56(71)47(39)61)29-41(63)33(3)25-35(5)49(65)53(76-9)48(64)34(4)24-31)26-37-18-20-42(45(27-37)75-8)80-58(72)60-21-23-77-57-52(68)51(67)50(66)46(30-62)79-57/h10-12,14-15,25,31,34-40,42-47,49-53,57,62,65-68,73H,13,16-24,26-30H2,1-9H3,(H,60,72)/t31-,34-,35?,36-,37+,38?,39?,40+,42-,43+,44+,45-,46?,47+,49-,50?,51?,52?,53+,57?,59?/m1/s1/i7D3. The van der Waals surface area contributed by atoms with Gasteiger partial charge in [-0.05, 0) is 101 Å². The van der Waals surface area contributed by atoms with Crippen molar-refractivity contribution in [3.05, 3.63) is 47.6 Å². The van der Waals surface area contributed by atoms with Crippen molar-refractivity contribution in [2.24, 2.45) is 41.4 Å². The van der Waals surface area contributed by atoms with E-state index in [9.17, 15) is 59.4 Å². The van der Waals surface area contributed by atoms with Crippen LogP contribution in [0.4, 0.5) is 4.79 Å². The highest BCUT2D eigenvalue weighted by Gasteiger charge is 2.57. The van der Waals surface area contributed by atoms with Gasteiger partial charge in [-0.2, -0.15) is 0 Å². The first-order valence-electron chi connectivity index (χ1n) is 30.1. The maximum Gasteiger partial charge on any atom is 0.407 e. The van der Waals surface area contributed by atoms with Gasteiger partial charge in [-0.3, -0.25) is 19.2 Å². The third-order valence-corrected chi connectivity index (χ3v) is 17.5. The third-order valence-electron chi connectivity index (χ3n) is 17.5. The highest BCUT2D eigenvalue weighted by molar-refractivity contribution is 6.39. The lowest BCUT2D eigenvalue weighted by molar-refractivity contribution is -0.300. The number of alkyl carbamates (subject to hydrolysis) is 1. The zero-order valence-corrected chi connectivity index (χ0v) is 48.0. The summed E-state index contributed by atoms with van der Waals surface area (Å²) in [7, 11) is -0.0342. The SMILES string of the molecule is [2H]C([2H])([2H])O[C@H]1CC2CC[C@@H](C)C(O)(O2)C(=O)C(=O)N2CCCC3[C@H]2C(=O)O[C@@H](CC(=O)C(C)=CC(C)[C@@H](O)[C@@H](OC)C(=O)[C@H](C)C[C@H](C)C=CC=CC=C1C)[C@H]3C[C@@H]1CC[C@@H](OC(=O)NCCOC2OC(CO)C(O)C(O)C2O)[C@H](OC)C1. The van der Waals surface area contributed by atoms with Crippen molar-refractivity contribution in [3.8, 4) is 0 Å². The van der Waals surface area contributed by atoms with E-state index >= 15 is 0 Å². The second-order valence-corrected chi connectivity index (χ2v) is 23.3. The normalized spacial score (nSPS) is 40.8. The number of esters is 1. The van der Waals surface area contributed by atoms with E-state index < -0.39 is 158 Å². The number of nitrogens with one attached hydrogen (secondary N) is 1. The van der Waals surface area contributed by atoms with Crippen LogP contribution in [0.15, 0.2) is 47.6 Å². The average molecular weight is 1150 g/mol. The third kappa shape index (κ3) is 16.1. The number of carbonyl (C=O) groups excluding carboxylic acids is 6. The number of rotatable bonds is 11. The molecule has 0 radical (unpaired) electrons. The van der Waals surface area contributed by atoms with E-state index in [1.807, 2.05) is 13.0 Å². The Balaban J connectivity index is 1.26. The first kappa shape index (κ1) is 61.3. The van der Waals surface area contributed by atoms with Gasteiger partial charge in [0.2, 0.25) is 5.79 Å². The van der Waals surface area contributed by atoms with E-state index in [-0.39, 0.29) is 68.6 Å². The van der Waals surface area contributed by atoms with Crippen LogP contribution in [0.2, 0.25) is 0 Å². The number of ketones is 3. The molecule has 1 aliphatic carbocycles. The second-order valence-electron chi connectivity index (χ2n) is 23.3. The van der Waals surface area contributed by atoms with Crippen molar-refractivity contribution in [2.45, 2.75) is 197 Å². The summed E-state index contributed by atoms with van der Waals surface area (Å²) in [5.74, 6) is -10.4. The molecule has 9 unspecified atom stereocenters. The van der Waals surface area contributed by atoms with Crippen molar-refractivity contribution in [2.75, 3.05) is 47.6 Å². The van der Waals surface area contributed by atoms with Gasteiger partial charge in [-0.25, -0.2) is 9.59 Å². The number of ether oxygens (including phenoxy) is 8. The molecule has 5 fully saturated rings. The number of piperidine rings is 1. The van der Waals surface area contributed by atoms with Gasteiger partial charge in [0.1, 0.15) is 48.8 Å². The van der Waals surface area contributed by atoms with Crippen LogP contribution in [0.25, 0.3) is 0 Å². The lowest BCUT2D eigenvalue weighted by Crippen LogP contribution is -2.65. The summed E-state index contributed by atoms with van der Waals surface area (Å²) in [6, 6.07) is -1.30. The molecule has 21 atom stereocenters. The number of aliphatic hydroxyl groups is 6. The molecule has 81 heavy (non-hydrogen) atoms. The molecule has 0 spiro atoms. The van der Waals surface area contributed by atoms with Crippen LogP contribution in [0, 0.1) is 41.4 Å². The van der Waals surface area contributed by atoms with Crippen molar-refractivity contribution in [1.29, 1.82) is 0 Å². The molecule has 22 heteroatoms. The molecule has 6 bridgehead atoms. The summed E-state index contributed by atoms with van der Waals surface area (Å²) >= 11 is 0. The summed E-state index contributed by atoms with van der Waals surface area (Å²) in [6.07, 6.45) is -2.07. The molecule has 22 nitrogen and oxygen atoms in total. The Kier molecular flexibility index (Phi) is 22.7. The Labute approximate surface area is 479 Å². The van der Waals surface area contributed by atoms with Crippen LogP contribution in [0.3, 0.4) is 0 Å². The van der Waals surface area contributed by atoms with Crippen molar-refractivity contribution < 1.29 is 101 Å². The number of Topliss-reactive ketones (excluding diaryl/α,β-unsaturated/α-hetero) is 3. The van der Waals surface area contributed by atoms with Gasteiger partial charge in [0.15, 0.2) is 17.9 Å². The van der Waals surface area contributed by atoms with E-state index in [2.05, 4.69) is 5.32 Å². The maximum absolute atomic E-state index is 14.7. The number of hydrogen-bond acceptors (Lipinski definition) is 20. The van der Waals surface area contributed by atoms with Gasteiger partial charge >= 0.3 is 12.1 Å². The van der Waals surface area contributed by atoms with Gasteiger partial charge in [-0.15, -0.1) is 0 Å². The smallest absolute Gasteiger partial charge is 0.407 e. The first-order valence-corrected chi connectivity index (χ1v) is 28.6. The summed E-state index contributed by atoms with van der Waals surface area (Å²) < 4.78 is 69.8. The molecule has 1 saturated carbocycles. The maximum atomic E-state index is 14.7. The predicted octanol–water partition coefficient (Wildman–Crippen LogP) is 2.95. The van der Waals surface area contributed by atoms with Crippen molar-refractivity contribution in [3.63, 3.8) is 0 Å². The van der Waals surface area contributed by atoms with E-state index in [1.165, 1.54) is 14.2 Å². The number of nitrogens with zero attached hydrogens (tertiary/aromatic N) is 1. The van der Waals surface area contributed by atoms with E-state index in [0.29, 0.717) is 50.5 Å². The zero-order chi connectivity index (χ0) is 62.0. The minimum Gasteiger partial charge on any atom is -0.460 e. The minimum absolute atomic E-state index is 0.0485. The average Bonchev–Trinajstić information content (AvgIpc) is 1.02. The van der Waals surface area contributed by atoms with Crippen LogP contribution < -0.4 is 5.32 Å². The van der Waals surface area contributed by atoms with Gasteiger partial charge in [0, 0.05) is 70.9 Å². The van der Waals surface area contributed by atoms with Gasteiger partial charge in [-0.1, -0.05) is 64.2 Å². The van der Waals surface area contributed by atoms with Crippen LogP contribution in [-0.2, 0) is 61.9 Å². The number of carbonyl (C=O) groups is 6. The van der Waals surface area contributed by atoms with Crippen LogP contribution >= 0.6 is 0 Å². The second kappa shape index (κ2) is 30.0. The lowest BCUT2D eigenvalue weighted by Gasteiger charge is -2.50. The monoisotopic (exact) mass is 1150 g/mol. The quantitative estimate of drug-likeness (QED) is 0.0889. The first-order chi connectivity index (χ1) is 39.6. The minimum atomic E-state index is -2.84. The summed E-state index contributed by atoms with van der Waals surface area (Å²) in [5, 5.41) is 66.3. The molecule has 0 aromatic rings. The number of allylic oxidation sites excluding steroid dienone is 6. The molecule has 0 aromatic heterocycles. The fraction of sp³-hybridized carbons (Fsp3) is 0.763. The molecule has 456 valence electrons. The molecule has 0 aromatic carbocycles. The molecule has 2 amide bonds. The molecule has 7 N–H and O–H groups in total. The Morgan fingerprint density at radius 3 is 2.33 bits per heavy atom. The predicted molar refractivity (Wildman–Crippen MR) is 290 cm³/mol. The van der Waals surface area contributed by atoms with Gasteiger partial charge in [0.05, 0.1) is 41.7 Å². The number of methoxy groups -OCH3 is 3. The largest absolute Gasteiger partial charge is 0.460 e. The molecule has 5 aliphatic heterocycles. The summed E-state index contributed by atoms with van der Waals surface area (Å²) in [5.41, 5.74) is 0.731. The molecule has 6 aliphatic rings. The van der Waals surface area contributed by atoms with E-state index in [0.717, 1.165) is 4.90 Å². The van der Waals surface area contributed by atoms with E-state index in [1.54, 1.807) is 65.0 Å². The Morgan fingerprint density at radius 2 is 1.63 bits per heavy atom. The van der Waals surface area contributed by atoms with Crippen LogP contribution in [0.1, 0.15) is 116 Å². The highest BCUT2D eigenvalue weighted by Crippen LogP contribution is 2.46. The number of hydrogen-bond donors (Lipinski definition) is 7. The summed E-state index contributed by atoms with van der Waals surface area (Å²) in [4.78, 5) is 86.3. The number of amides is 2. The molecule has 5 heterocycles. The van der Waals surface area contributed by atoms with Crippen molar-refractivity contribution in [1.82, 2.24) is 10.2 Å². The van der Waals surface area contributed by atoms with Crippen LogP contribution in [0.5, 0.6) is 0 Å². The Bertz CT molecular complexity index is 2400. The van der Waals surface area contributed by atoms with Gasteiger partial charge in [0.25, 0.3) is 11.7 Å². The zero-order valence-electron chi connectivity index (χ0n) is 51.0. The summed E-state index contributed by atoms with van der Waals surface area (Å²) in [6.45, 7) is 9.16. The molecular formula is C59H90N2O20. The fourth-order valence-electron chi connectivity index (χ4n) is 12.6. The Morgan fingerprint density at radius 1 is 0.877 bits per heavy atom. The molecular weight excluding hydrogens is 1060 g/mol. The fourth-order valence-corrected chi connectivity index (χ4v) is 12.6. The van der Waals surface area contributed by atoms with Crippen LogP contribution in [-0.4, -0.2) is 204 Å². The Hall–Kier alpha value is -4.30. The van der Waals surface area contributed by atoms with Gasteiger partial charge < -0.3 is 78.8 Å². The molecule has 6 rings (SSSR count). The molecule has 4 saturated heterocycles.